The van der Waals surface area contributed by atoms with Crippen LogP contribution in [0.4, 0.5) is 0 Å². The van der Waals surface area contributed by atoms with Gasteiger partial charge in [0.2, 0.25) is 6.79 Å². The maximum absolute atomic E-state index is 9.92. The fourth-order valence-corrected chi connectivity index (χ4v) is 2.09. The van der Waals surface area contributed by atoms with E-state index in [1.807, 2.05) is 18.2 Å². The Morgan fingerprint density at radius 3 is 2.91 bits per heavy atom. The highest BCUT2D eigenvalue weighted by Gasteiger charge is 2.14. The van der Waals surface area contributed by atoms with Crippen LogP contribution in [0.25, 0.3) is 0 Å². The molecule has 6 nitrogen and oxygen atoms in total. The molecule has 0 saturated heterocycles. The number of aromatic nitrogens is 1. The van der Waals surface area contributed by atoms with Gasteiger partial charge in [-0.15, -0.1) is 12.4 Å². The largest absolute Gasteiger partial charge is 0.491 e. The highest BCUT2D eigenvalue weighted by Crippen LogP contribution is 2.35. The van der Waals surface area contributed by atoms with Crippen LogP contribution >= 0.6 is 12.4 Å². The van der Waals surface area contributed by atoms with E-state index in [2.05, 4.69) is 10.3 Å². The van der Waals surface area contributed by atoms with Gasteiger partial charge in [0, 0.05) is 25.4 Å². The van der Waals surface area contributed by atoms with Crippen molar-refractivity contribution < 1.29 is 19.3 Å². The highest BCUT2D eigenvalue weighted by atomic mass is 35.5. The van der Waals surface area contributed by atoms with Crippen LogP contribution in [0.3, 0.4) is 0 Å². The van der Waals surface area contributed by atoms with E-state index in [0.29, 0.717) is 30.3 Å². The van der Waals surface area contributed by atoms with Crippen molar-refractivity contribution >= 4 is 12.4 Å². The number of aliphatic hydroxyl groups is 1. The summed E-state index contributed by atoms with van der Waals surface area (Å²) in [6.07, 6.45) is 1.14. The molecule has 124 valence electrons. The van der Waals surface area contributed by atoms with Gasteiger partial charge < -0.3 is 24.6 Å². The van der Waals surface area contributed by atoms with Crippen LogP contribution in [0.2, 0.25) is 0 Å². The molecule has 3 rings (SSSR count). The van der Waals surface area contributed by atoms with E-state index >= 15 is 0 Å². The lowest BCUT2D eigenvalue weighted by molar-refractivity contribution is 0.106. The summed E-state index contributed by atoms with van der Waals surface area (Å²) in [6, 6.07) is 11.1. The second kappa shape index (κ2) is 8.57. The molecule has 1 atom stereocenters. The minimum atomic E-state index is -0.603. The monoisotopic (exact) mass is 338 g/mol. The van der Waals surface area contributed by atoms with Crippen molar-refractivity contribution in [3.8, 4) is 17.2 Å². The summed E-state index contributed by atoms with van der Waals surface area (Å²) >= 11 is 0. The molecule has 1 aliphatic rings. The van der Waals surface area contributed by atoms with Crippen LogP contribution in [0.15, 0.2) is 42.6 Å². The number of fused-ring (bicyclic) bond motifs is 1. The first kappa shape index (κ1) is 17.3. The van der Waals surface area contributed by atoms with Crippen LogP contribution in [-0.2, 0) is 6.54 Å². The minimum Gasteiger partial charge on any atom is -0.491 e. The van der Waals surface area contributed by atoms with Gasteiger partial charge in [-0.2, -0.15) is 0 Å². The van der Waals surface area contributed by atoms with Gasteiger partial charge >= 0.3 is 0 Å². The molecule has 0 fully saturated rings. The van der Waals surface area contributed by atoms with E-state index in [9.17, 15) is 5.11 Å². The Morgan fingerprint density at radius 2 is 2.09 bits per heavy atom. The number of hydrogen-bond donors (Lipinski definition) is 2. The molecule has 2 heterocycles. The fraction of sp³-hybridized carbons (Fsp3) is 0.312. The van der Waals surface area contributed by atoms with E-state index in [0.717, 1.165) is 5.69 Å². The van der Waals surface area contributed by atoms with E-state index in [-0.39, 0.29) is 25.8 Å². The predicted octanol–water partition coefficient (Wildman–Crippen LogP) is 1.76. The van der Waals surface area contributed by atoms with Gasteiger partial charge in [0.15, 0.2) is 11.5 Å². The molecule has 2 N–H and O–H groups in total. The summed E-state index contributed by atoms with van der Waals surface area (Å²) < 4.78 is 16.1. The Bertz CT molecular complexity index is 612. The first-order chi connectivity index (χ1) is 10.8. The highest BCUT2D eigenvalue weighted by molar-refractivity contribution is 5.85. The standard InChI is InChI=1S/C16H18N2O4.ClH/c19-13(9-17-8-12-3-1-2-6-18-12)10-20-14-4-5-15-16(7-14)22-11-21-15;/h1-7,13,17,19H,8-11H2;1H. The predicted molar refractivity (Wildman–Crippen MR) is 87.3 cm³/mol. The fourth-order valence-electron chi connectivity index (χ4n) is 2.09. The van der Waals surface area contributed by atoms with Crippen molar-refractivity contribution in [2.75, 3.05) is 19.9 Å². The molecule has 0 radical (unpaired) electrons. The molecule has 1 unspecified atom stereocenters. The molecular weight excluding hydrogens is 320 g/mol. The molecule has 7 heteroatoms. The van der Waals surface area contributed by atoms with E-state index in [4.69, 9.17) is 14.2 Å². The summed E-state index contributed by atoms with van der Waals surface area (Å²) in [5, 5.41) is 13.1. The number of nitrogens with zero attached hydrogens (tertiary/aromatic N) is 1. The van der Waals surface area contributed by atoms with Gasteiger partial charge in [-0.1, -0.05) is 6.07 Å². The van der Waals surface area contributed by atoms with Crippen molar-refractivity contribution in [1.82, 2.24) is 10.3 Å². The van der Waals surface area contributed by atoms with Gasteiger partial charge in [0.05, 0.1) is 5.69 Å². The Labute approximate surface area is 140 Å². The van der Waals surface area contributed by atoms with E-state index in [1.54, 1.807) is 24.4 Å². The topological polar surface area (TPSA) is 72.8 Å². The van der Waals surface area contributed by atoms with Crippen LogP contribution in [0.1, 0.15) is 5.69 Å². The quantitative estimate of drug-likeness (QED) is 0.801. The number of rotatable bonds is 7. The van der Waals surface area contributed by atoms with Gasteiger partial charge in [-0.05, 0) is 24.3 Å². The summed E-state index contributed by atoms with van der Waals surface area (Å²) in [7, 11) is 0. The number of halogens is 1. The molecule has 0 spiro atoms. The second-order valence-electron chi connectivity index (χ2n) is 4.93. The van der Waals surface area contributed by atoms with Crippen molar-refractivity contribution in [3.63, 3.8) is 0 Å². The Morgan fingerprint density at radius 1 is 1.22 bits per heavy atom. The zero-order valence-corrected chi connectivity index (χ0v) is 13.3. The van der Waals surface area contributed by atoms with Crippen molar-refractivity contribution in [2.24, 2.45) is 0 Å². The third-order valence-corrected chi connectivity index (χ3v) is 3.20. The van der Waals surface area contributed by atoms with Crippen LogP contribution in [0, 0.1) is 0 Å². The molecule has 2 aromatic rings. The van der Waals surface area contributed by atoms with E-state index < -0.39 is 6.10 Å². The zero-order valence-electron chi connectivity index (χ0n) is 12.5. The van der Waals surface area contributed by atoms with Gasteiger partial charge in [-0.3, -0.25) is 4.98 Å². The lowest BCUT2D eigenvalue weighted by atomic mass is 10.3. The summed E-state index contributed by atoms with van der Waals surface area (Å²) in [6.45, 7) is 1.48. The molecule has 0 bridgehead atoms. The first-order valence-corrected chi connectivity index (χ1v) is 7.12. The van der Waals surface area contributed by atoms with Crippen LogP contribution in [-0.4, -0.2) is 36.1 Å². The molecular formula is C16H19ClN2O4. The van der Waals surface area contributed by atoms with Gasteiger partial charge in [0.25, 0.3) is 0 Å². The second-order valence-corrected chi connectivity index (χ2v) is 4.93. The number of hydrogen-bond acceptors (Lipinski definition) is 6. The number of benzene rings is 1. The third kappa shape index (κ3) is 4.99. The zero-order chi connectivity index (χ0) is 15.2. The maximum atomic E-state index is 9.92. The molecule has 23 heavy (non-hydrogen) atoms. The first-order valence-electron chi connectivity index (χ1n) is 7.12. The maximum Gasteiger partial charge on any atom is 0.231 e. The van der Waals surface area contributed by atoms with Gasteiger partial charge in [-0.25, -0.2) is 0 Å². The smallest absolute Gasteiger partial charge is 0.231 e. The minimum absolute atomic E-state index is 0. The van der Waals surface area contributed by atoms with Crippen LogP contribution in [0.5, 0.6) is 17.2 Å². The lowest BCUT2D eigenvalue weighted by Gasteiger charge is -2.13. The number of nitrogens with one attached hydrogen (secondary N) is 1. The molecule has 1 aliphatic heterocycles. The number of ether oxygens (including phenoxy) is 3. The molecule has 1 aromatic carbocycles. The summed E-state index contributed by atoms with van der Waals surface area (Å²) in [5.74, 6) is 2.03. The molecule has 0 saturated carbocycles. The van der Waals surface area contributed by atoms with Crippen molar-refractivity contribution in [2.45, 2.75) is 12.6 Å². The van der Waals surface area contributed by atoms with E-state index in [1.165, 1.54) is 0 Å². The van der Waals surface area contributed by atoms with Crippen molar-refractivity contribution in [1.29, 1.82) is 0 Å². The lowest BCUT2D eigenvalue weighted by Crippen LogP contribution is -2.31. The Hall–Kier alpha value is -2.02. The third-order valence-electron chi connectivity index (χ3n) is 3.20. The SMILES string of the molecule is Cl.OC(CNCc1ccccn1)COc1ccc2c(c1)OCO2. The number of aliphatic hydroxyl groups excluding tert-OH is 1. The average Bonchev–Trinajstić information content (AvgIpc) is 3.01. The average molecular weight is 339 g/mol. The normalized spacial score (nSPS) is 13.3. The van der Waals surface area contributed by atoms with Gasteiger partial charge in [0.1, 0.15) is 18.5 Å². The number of pyridine rings is 1. The molecule has 0 aliphatic carbocycles. The molecule has 0 amide bonds. The summed E-state index contributed by atoms with van der Waals surface area (Å²) in [4.78, 5) is 4.20. The Kier molecular flexibility index (Phi) is 6.46. The molecule has 1 aromatic heterocycles. The Balaban J connectivity index is 0.00000192. The van der Waals surface area contributed by atoms with Crippen molar-refractivity contribution in [3.05, 3.63) is 48.3 Å². The summed E-state index contributed by atoms with van der Waals surface area (Å²) in [5.41, 5.74) is 0.936. The van der Waals surface area contributed by atoms with Crippen LogP contribution < -0.4 is 19.5 Å².